The Morgan fingerprint density at radius 3 is 2.43 bits per heavy atom. The highest BCUT2D eigenvalue weighted by atomic mass is 16.5. The number of methoxy groups -OCH3 is 1. The van der Waals surface area contributed by atoms with Gasteiger partial charge in [-0.25, -0.2) is 4.79 Å². The first kappa shape index (κ1) is 17.7. The van der Waals surface area contributed by atoms with Gasteiger partial charge in [0.2, 0.25) is 0 Å². The summed E-state index contributed by atoms with van der Waals surface area (Å²) in [5.74, 6) is -0.241. The summed E-state index contributed by atoms with van der Waals surface area (Å²) in [6.07, 6.45) is 0.955. The summed E-state index contributed by atoms with van der Waals surface area (Å²) in [6, 6.07) is 10.2. The Labute approximate surface area is 128 Å². The van der Waals surface area contributed by atoms with Crippen LogP contribution in [-0.4, -0.2) is 44.2 Å². The number of rotatable bonds is 8. The minimum atomic E-state index is -0.828. The van der Waals surface area contributed by atoms with Gasteiger partial charge in [-0.05, 0) is 39.4 Å². The smallest absolute Gasteiger partial charge is 0.332 e. The Kier molecular flexibility index (Phi) is 6.85. The Balaban J connectivity index is 3.24. The molecule has 1 rings (SSSR count). The molecular weight excluding hydrogens is 264 g/mol. The second-order valence-corrected chi connectivity index (χ2v) is 5.70. The summed E-state index contributed by atoms with van der Waals surface area (Å²) in [5.41, 5.74) is 0.114. The van der Waals surface area contributed by atoms with E-state index in [1.54, 1.807) is 0 Å². The molecule has 21 heavy (non-hydrogen) atoms. The van der Waals surface area contributed by atoms with E-state index >= 15 is 0 Å². The van der Waals surface area contributed by atoms with Gasteiger partial charge in [0.25, 0.3) is 0 Å². The van der Waals surface area contributed by atoms with E-state index in [1.165, 1.54) is 7.11 Å². The lowest BCUT2D eigenvalue weighted by molar-refractivity contribution is -0.150. The number of benzene rings is 1. The van der Waals surface area contributed by atoms with E-state index in [1.807, 2.05) is 37.4 Å². The number of likely N-dealkylation sites (N-methyl/N-ethyl adjacent to an activating group) is 1. The van der Waals surface area contributed by atoms with Crippen LogP contribution in [0.15, 0.2) is 30.3 Å². The predicted molar refractivity (Wildman–Crippen MR) is 86.2 cm³/mol. The monoisotopic (exact) mass is 292 g/mol. The van der Waals surface area contributed by atoms with E-state index in [2.05, 4.69) is 31.0 Å². The van der Waals surface area contributed by atoms with Crippen molar-refractivity contribution in [3.05, 3.63) is 35.9 Å². The van der Waals surface area contributed by atoms with Crippen molar-refractivity contribution in [2.24, 2.45) is 0 Å². The number of carbonyl (C=O) groups excluding carboxylic acids is 1. The zero-order chi connectivity index (χ0) is 15.9. The third kappa shape index (κ3) is 4.29. The average molecular weight is 292 g/mol. The van der Waals surface area contributed by atoms with E-state index in [9.17, 15) is 4.79 Å². The SMILES string of the molecule is CCCNC(CN(C)C(C)C)(C(=O)OC)c1ccccc1. The molecule has 1 aromatic rings. The van der Waals surface area contributed by atoms with Crippen LogP contribution in [0.2, 0.25) is 0 Å². The lowest BCUT2D eigenvalue weighted by Crippen LogP contribution is -2.57. The number of nitrogens with one attached hydrogen (secondary N) is 1. The number of ether oxygens (including phenoxy) is 1. The minimum Gasteiger partial charge on any atom is -0.467 e. The average Bonchev–Trinajstić information content (AvgIpc) is 2.51. The standard InChI is InChI=1S/C17H28N2O2/c1-6-12-18-17(16(20)21-5,13-19(4)14(2)3)15-10-8-7-9-11-15/h7-11,14,18H,6,12-13H2,1-5H3. The molecule has 0 saturated heterocycles. The molecule has 4 heteroatoms. The molecule has 0 fully saturated rings. The minimum absolute atomic E-state index is 0.241. The van der Waals surface area contributed by atoms with Crippen LogP contribution in [0, 0.1) is 0 Å². The molecule has 4 nitrogen and oxygen atoms in total. The summed E-state index contributed by atoms with van der Waals surface area (Å²) in [5, 5.41) is 3.42. The maximum Gasteiger partial charge on any atom is 0.332 e. The third-order valence-electron chi connectivity index (χ3n) is 3.85. The first-order valence-corrected chi connectivity index (χ1v) is 7.57. The Morgan fingerprint density at radius 2 is 1.95 bits per heavy atom. The van der Waals surface area contributed by atoms with Crippen molar-refractivity contribution < 1.29 is 9.53 Å². The predicted octanol–water partition coefficient (Wildman–Crippen LogP) is 2.39. The van der Waals surface area contributed by atoms with Gasteiger partial charge in [0.15, 0.2) is 5.54 Å². The molecule has 0 aliphatic rings. The van der Waals surface area contributed by atoms with Crippen LogP contribution in [-0.2, 0) is 15.1 Å². The molecule has 1 aromatic carbocycles. The van der Waals surface area contributed by atoms with Crippen LogP contribution in [0.4, 0.5) is 0 Å². The maximum atomic E-state index is 12.6. The zero-order valence-electron chi connectivity index (χ0n) is 13.8. The maximum absolute atomic E-state index is 12.6. The fourth-order valence-corrected chi connectivity index (χ4v) is 2.30. The molecule has 0 bridgehead atoms. The van der Waals surface area contributed by atoms with E-state index in [0.717, 1.165) is 18.5 Å². The normalized spacial score (nSPS) is 14.2. The highest BCUT2D eigenvalue weighted by molar-refractivity contribution is 5.83. The van der Waals surface area contributed by atoms with E-state index < -0.39 is 5.54 Å². The lowest BCUT2D eigenvalue weighted by atomic mass is 9.88. The number of nitrogens with zero attached hydrogens (tertiary/aromatic N) is 1. The second-order valence-electron chi connectivity index (χ2n) is 5.70. The van der Waals surface area contributed by atoms with Gasteiger partial charge in [-0.3, -0.25) is 5.32 Å². The van der Waals surface area contributed by atoms with Gasteiger partial charge in [0.1, 0.15) is 0 Å². The van der Waals surface area contributed by atoms with Crippen molar-refractivity contribution in [1.82, 2.24) is 10.2 Å². The molecule has 1 N–H and O–H groups in total. The Hall–Kier alpha value is -1.39. The molecule has 0 spiro atoms. The molecule has 1 unspecified atom stereocenters. The van der Waals surface area contributed by atoms with Gasteiger partial charge in [0.05, 0.1) is 7.11 Å². The van der Waals surface area contributed by atoms with Crippen molar-refractivity contribution in [2.75, 3.05) is 27.2 Å². The topological polar surface area (TPSA) is 41.6 Å². The number of carbonyl (C=O) groups is 1. The van der Waals surface area contributed by atoms with Crippen molar-refractivity contribution in [3.63, 3.8) is 0 Å². The highest BCUT2D eigenvalue weighted by Crippen LogP contribution is 2.25. The van der Waals surface area contributed by atoms with Gasteiger partial charge in [-0.1, -0.05) is 37.3 Å². The fourth-order valence-electron chi connectivity index (χ4n) is 2.30. The summed E-state index contributed by atoms with van der Waals surface area (Å²) >= 11 is 0. The van der Waals surface area contributed by atoms with Gasteiger partial charge < -0.3 is 9.64 Å². The quantitative estimate of drug-likeness (QED) is 0.747. The molecule has 0 amide bonds. The lowest BCUT2D eigenvalue weighted by Gasteiger charge is -2.37. The molecule has 118 valence electrons. The molecule has 0 radical (unpaired) electrons. The summed E-state index contributed by atoms with van der Waals surface area (Å²) in [4.78, 5) is 14.7. The summed E-state index contributed by atoms with van der Waals surface area (Å²) in [6.45, 7) is 7.66. The second kappa shape index (κ2) is 8.15. The van der Waals surface area contributed by atoms with Crippen molar-refractivity contribution >= 4 is 5.97 Å². The van der Waals surface area contributed by atoms with Crippen LogP contribution < -0.4 is 5.32 Å². The first-order chi connectivity index (χ1) is 9.97. The van der Waals surface area contributed by atoms with Crippen LogP contribution in [0.25, 0.3) is 0 Å². The molecule has 0 aliphatic heterocycles. The largest absolute Gasteiger partial charge is 0.467 e. The molecule has 0 aromatic heterocycles. The number of hydrogen-bond donors (Lipinski definition) is 1. The zero-order valence-corrected chi connectivity index (χ0v) is 13.8. The van der Waals surface area contributed by atoms with Gasteiger partial charge in [0, 0.05) is 12.6 Å². The van der Waals surface area contributed by atoms with E-state index in [0.29, 0.717) is 12.6 Å². The number of hydrogen-bond acceptors (Lipinski definition) is 4. The first-order valence-electron chi connectivity index (χ1n) is 7.57. The Bertz CT molecular complexity index is 434. The molecule has 1 atom stereocenters. The molecule has 0 heterocycles. The highest BCUT2D eigenvalue weighted by Gasteiger charge is 2.42. The molecular formula is C17H28N2O2. The fraction of sp³-hybridized carbons (Fsp3) is 0.588. The van der Waals surface area contributed by atoms with Crippen LogP contribution >= 0.6 is 0 Å². The van der Waals surface area contributed by atoms with Crippen LogP contribution in [0.1, 0.15) is 32.8 Å². The van der Waals surface area contributed by atoms with Crippen LogP contribution in [0.3, 0.4) is 0 Å². The molecule has 0 saturated carbocycles. The van der Waals surface area contributed by atoms with Gasteiger partial charge in [-0.2, -0.15) is 0 Å². The van der Waals surface area contributed by atoms with E-state index in [4.69, 9.17) is 4.74 Å². The third-order valence-corrected chi connectivity index (χ3v) is 3.85. The summed E-state index contributed by atoms with van der Waals surface area (Å²) in [7, 11) is 3.47. The van der Waals surface area contributed by atoms with Crippen molar-refractivity contribution in [2.45, 2.75) is 38.8 Å². The summed E-state index contributed by atoms with van der Waals surface area (Å²) < 4.78 is 5.12. The number of esters is 1. The van der Waals surface area contributed by atoms with Crippen molar-refractivity contribution in [3.8, 4) is 0 Å². The van der Waals surface area contributed by atoms with Gasteiger partial charge >= 0.3 is 5.97 Å². The van der Waals surface area contributed by atoms with Gasteiger partial charge in [-0.15, -0.1) is 0 Å². The molecule has 0 aliphatic carbocycles. The Morgan fingerprint density at radius 1 is 1.33 bits per heavy atom. The van der Waals surface area contributed by atoms with Crippen molar-refractivity contribution in [1.29, 1.82) is 0 Å². The van der Waals surface area contributed by atoms with E-state index in [-0.39, 0.29) is 5.97 Å². The van der Waals surface area contributed by atoms with Crippen LogP contribution in [0.5, 0.6) is 0 Å².